The molecule has 36 heavy (non-hydrogen) atoms. The number of methoxy groups -OCH3 is 1. The lowest BCUT2D eigenvalue weighted by molar-refractivity contribution is 0.102. The van der Waals surface area contributed by atoms with Gasteiger partial charge in [-0.25, -0.2) is 13.4 Å². The fourth-order valence-corrected chi connectivity index (χ4v) is 7.08. The Hall–Kier alpha value is -3.37. The number of thiazole rings is 1. The summed E-state index contributed by atoms with van der Waals surface area (Å²) in [5.41, 5.74) is 3.26. The molecule has 3 aromatic rings. The van der Waals surface area contributed by atoms with Crippen molar-refractivity contribution in [3.63, 3.8) is 0 Å². The summed E-state index contributed by atoms with van der Waals surface area (Å²) in [7, 11) is -1.94. The van der Waals surface area contributed by atoms with Gasteiger partial charge in [0.05, 0.1) is 49.7 Å². The molecule has 0 spiro atoms. The summed E-state index contributed by atoms with van der Waals surface area (Å²) in [4.78, 5) is 22.9. The Bertz CT molecular complexity index is 1470. The number of amides is 1. The highest BCUT2D eigenvalue weighted by Crippen LogP contribution is 2.36. The van der Waals surface area contributed by atoms with Crippen molar-refractivity contribution >= 4 is 32.4 Å². The first kappa shape index (κ1) is 24.3. The number of ether oxygens (including phenoxy) is 2. The highest BCUT2D eigenvalue weighted by molar-refractivity contribution is 7.89. The maximum Gasteiger partial charge on any atom is 0.259 e. The van der Waals surface area contributed by atoms with Gasteiger partial charge in [-0.2, -0.15) is 9.57 Å². The molecule has 2 aliphatic rings. The molecule has 1 amide bonds. The molecule has 186 valence electrons. The lowest BCUT2D eigenvalue weighted by Gasteiger charge is -2.19. The van der Waals surface area contributed by atoms with Crippen LogP contribution in [0.25, 0.3) is 11.1 Å². The van der Waals surface area contributed by atoms with Gasteiger partial charge in [0.2, 0.25) is 10.0 Å². The van der Waals surface area contributed by atoms with E-state index in [4.69, 9.17) is 9.47 Å². The van der Waals surface area contributed by atoms with E-state index in [0.717, 1.165) is 4.88 Å². The molecule has 1 N–H and O–H groups in total. The third-order valence-electron chi connectivity index (χ3n) is 6.22. The number of rotatable bonds is 6. The van der Waals surface area contributed by atoms with Crippen LogP contribution in [0.5, 0.6) is 5.75 Å². The van der Waals surface area contributed by atoms with Crippen LogP contribution in [-0.4, -0.2) is 54.2 Å². The third-order valence-corrected chi connectivity index (χ3v) is 9.41. The highest BCUT2D eigenvalue weighted by Gasteiger charge is 2.39. The number of fused-ring (bicyclic) bond motifs is 1. The average molecular weight is 526 g/mol. The Morgan fingerprint density at radius 3 is 2.83 bits per heavy atom. The molecule has 0 aliphatic carbocycles. The van der Waals surface area contributed by atoms with Crippen molar-refractivity contribution in [3.8, 4) is 22.9 Å². The van der Waals surface area contributed by atoms with Crippen molar-refractivity contribution in [1.29, 1.82) is 5.26 Å². The Morgan fingerprint density at radius 2 is 2.14 bits per heavy atom. The summed E-state index contributed by atoms with van der Waals surface area (Å²) in [5.74, 6) is 0.109. The zero-order chi connectivity index (χ0) is 25.4. The fraction of sp³-hybridized carbons (Fsp3) is 0.333. The second-order valence-corrected chi connectivity index (χ2v) is 11.8. The maximum absolute atomic E-state index is 13.3. The molecule has 1 saturated heterocycles. The largest absolute Gasteiger partial charge is 0.496 e. The third kappa shape index (κ3) is 4.46. The van der Waals surface area contributed by atoms with E-state index in [-0.39, 0.29) is 19.7 Å². The molecule has 0 bridgehead atoms. The van der Waals surface area contributed by atoms with Crippen LogP contribution in [0.15, 0.2) is 30.5 Å². The van der Waals surface area contributed by atoms with Gasteiger partial charge in [0, 0.05) is 34.5 Å². The van der Waals surface area contributed by atoms with E-state index in [1.165, 1.54) is 28.9 Å². The normalized spacial score (nSPS) is 17.5. The zero-order valence-corrected chi connectivity index (χ0v) is 21.3. The number of sulfonamides is 1. The summed E-state index contributed by atoms with van der Waals surface area (Å²) >= 11 is 1.26. The number of hydrogen-bond acceptors (Lipinski definition) is 9. The Balaban J connectivity index is 1.38. The SMILES string of the molecule is COc1ccc(C#N)cc1-c1cc(C)ncc1C(=O)Nc1nc2c(s1)CN(S(=O)(=O)C1CCOC1)C2. The summed E-state index contributed by atoms with van der Waals surface area (Å²) in [5, 5.41) is 12.0. The van der Waals surface area contributed by atoms with Gasteiger partial charge in [-0.05, 0) is 37.6 Å². The van der Waals surface area contributed by atoms with Crippen LogP contribution in [0.1, 0.15) is 38.6 Å². The van der Waals surface area contributed by atoms with Crippen LogP contribution < -0.4 is 10.1 Å². The Labute approximate surface area is 212 Å². The highest BCUT2D eigenvalue weighted by atomic mass is 32.2. The van der Waals surface area contributed by atoms with Crippen molar-refractivity contribution in [2.45, 2.75) is 31.7 Å². The number of carbonyl (C=O) groups excluding carboxylic acids is 1. The number of anilines is 1. The summed E-state index contributed by atoms with van der Waals surface area (Å²) in [6.45, 7) is 2.90. The van der Waals surface area contributed by atoms with Crippen LogP contribution in [0.2, 0.25) is 0 Å². The second kappa shape index (κ2) is 9.59. The van der Waals surface area contributed by atoms with Crippen molar-refractivity contribution in [2.75, 3.05) is 25.6 Å². The van der Waals surface area contributed by atoms with E-state index in [1.54, 1.807) is 24.3 Å². The quantitative estimate of drug-likeness (QED) is 0.519. The number of nitriles is 1. The molecular formula is C24H23N5O5S2. The summed E-state index contributed by atoms with van der Waals surface area (Å²) in [6, 6.07) is 8.89. The molecule has 1 unspecified atom stereocenters. The number of nitrogens with zero attached hydrogens (tertiary/aromatic N) is 4. The number of nitrogens with one attached hydrogen (secondary N) is 1. The van der Waals surface area contributed by atoms with Crippen molar-refractivity contribution in [1.82, 2.24) is 14.3 Å². The van der Waals surface area contributed by atoms with E-state index < -0.39 is 21.2 Å². The van der Waals surface area contributed by atoms with Crippen molar-refractivity contribution < 1.29 is 22.7 Å². The molecule has 1 aromatic carbocycles. The van der Waals surface area contributed by atoms with Gasteiger partial charge in [-0.15, -0.1) is 0 Å². The predicted molar refractivity (Wildman–Crippen MR) is 133 cm³/mol. The molecule has 10 nitrogen and oxygen atoms in total. The van der Waals surface area contributed by atoms with E-state index in [1.807, 2.05) is 6.92 Å². The predicted octanol–water partition coefficient (Wildman–Crippen LogP) is 3.08. The minimum atomic E-state index is -3.46. The molecule has 1 atom stereocenters. The van der Waals surface area contributed by atoms with Gasteiger partial charge in [-0.3, -0.25) is 15.1 Å². The van der Waals surface area contributed by atoms with Crippen LogP contribution in [0, 0.1) is 18.3 Å². The zero-order valence-electron chi connectivity index (χ0n) is 19.6. The topological polar surface area (TPSA) is 135 Å². The van der Waals surface area contributed by atoms with Crippen molar-refractivity contribution in [2.24, 2.45) is 0 Å². The number of aromatic nitrogens is 2. The molecule has 0 saturated carbocycles. The second-order valence-electron chi connectivity index (χ2n) is 8.54. The maximum atomic E-state index is 13.3. The molecule has 2 aliphatic heterocycles. The summed E-state index contributed by atoms with van der Waals surface area (Å²) in [6.07, 6.45) is 1.98. The molecule has 1 fully saturated rings. The Kier molecular flexibility index (Phi) is 6.48. The van der Waals surface area contributed by atoms with Gasteiger partial charge >= 0.3 is 0 Å². The van der Waals surface area contributed by atoms with Crippen LogP contribution in [-0.2, 0) is 27.8 Å². The van der Waals surface area contributed by atoms with Crippen LogP contribution in [0.4, 0.5) is 5.13 Å². The molecule has 12 heteroatoms. The first-order valence-electron chi connectivity index (χ1n) is 11.2. The van der Waals surface area contributed by atoms with E-state index in [0.29, 0.717) is 57.6 Å². The number of aryl methyl sites for hydroxylation is 1. The van der Waals surface area contributed by atoms with Crippen molar-refractivity contribution in [3.05, 3.63) is 57.9 Å². The van der Waals surface area contributed by atoms with Crippen LogP contribution >= 0.6 is 11.3 Å². The lowest BCUT2D eigenvalue weighted by atomic mass is 9.97. The molecule has 0 radical (unpaired) electrons. The number of carbonyl (C=O) groups is 1. The lowest BCUT2D eigenvalue weighted by Crippen LogP contribution is -2.35. The van der Waals surface area contributed by atoms with Gasteiger partial charge in [0.15, 0.2) is 5.13 Å². The number of hydrogen-bond donors (Lipinski definition) is 1. The number of benzene rings is 1. The minimum absolute atomic E-state index is 0.177. The van der Waals surface area contributed by atoms with Gasteiger partial charge in [-0.1, -0.05) is 11.3 Å². The van der Waals surface area contributed by atoms with E-state index >= 15 is 0 Å². The van der Waals surface area contributed by atoms with Gasteiger partial charge < -0.3 is 9.47 Å². The van der Waals surface area contributed by atoms with Crippen LogP contribution in [0.3, 0.4) is 0 Å². The molecule has 4 heterocycles. The van der Waals surface area contributed by atoms with Gasteiger partial charge in [0.1, 0.15) is 11.0 Å². The van der Waals surface area contributed by atoms with E-state index in [2.05, 4.69) is 21.4 Å². The average Bonchev–Trinajstić information content (AvgIpc) is 3.61. The number of pyridine rings is 1. The first-order chi connectivity index (χ1) is 17.3. The fourth-order valence-electron chi connectivity index (χ4n) is 4.32. The minimum Gasteiger partial charge on any atom is -0.496 e. The standard InChI is InChI=1S/C24H23N5O5S2/c1-14-7-17(18-8-15(9-25)3-4-21(18)33-2)19(10-26-14)23(30)28-24-27-20-11-29(12-22(20)35-24)36(31,32)16-5-6-34-13-16/h3-4,7-8,10,16H,5-6,11-13H2,1-2H3,(H,27,28,30). The molecule has 5 rings (SSSR count). The smallest absolute Gasteiger partial charge is 0.259 e. The molecule has 2 aromatic heterocycles. The van der Waals surface area contributed by atoms with Gasteiger partial charge in [0.25, 0.3) is 5.91 Å². The monoisotopic (exact) mass is 525 g/mol. The Morgan fingerprint density at radius 1 is 1.31 bits per heavy atom. The summed E-state index contributed by atoms with van der Waals surface area (Å²) < 4.78 is 37.9. The first-order valence-corrected chi connectivity index (χ1v) is 13.5. The van der Waals surface area contributed by atoms with E-state index in [9.17, 15) is 18.5 Å². The molecular weight excluding hydrogens is 502 g/mol.